The predicted octanol–water partition coefficient (Wildman–Crippen LogP) is -0.0815. The Bertz CT molecular complexity index is 970. The molecule has 11 heteroatoms. The highest BCUT2D eigenvalue weighted by Crippen LogP contribution is 2.39. The van der Waals surface area contributed by atoms with Gasteiger partial charge in [0.1, 0.15) is 5.69 Å². The first kappa shape index (κ1) is 16.0. The molecule has 1 aliphatic carbocycles. The third-order valence-corrected chi connectivity index (χ3v) is 4.27. The molecule has 4 rings (SSSR count). The van der Waals surface area contributed by atoms with Crippen LogP contribution in [0.3, 0.4) is 0 Å². The molecule has 0 fully saturated rings. The van der Waals surface area contributed by atoms with E-state index in [9.17, 15) is 10.4 Å². The number of fused-ring (bicyclic) bond motifs is 3. The van der Waals surface area contributed by atoms with E-state index in [2.05, 4.69) is 14.9 Å². The van der Waals surface area contributed by atoms with Crippen LogP contribution in [0.25, 0.3) is 17.1 Å². The molecule has 26 heavy (non-hydrogen) atoms. The monoisotopic (exact) mass is 361 g/mol. The van der Waals surface area contributed by atoms with E-state index in [-0.39, 0.29) is 5.69 Å². The van der Waals surface area contributed by atoms with Crippen molar-refractivity contribution < 1.29 is 28.6 Å². The maximum absolute atomic E-state index is 12.7. The van der Waals surface area contributed by atoms with Gasteiger partial charge < -0.3 is 24.6 Å². The van der Waals surface area contributed by atoms with Gasteiger partial charge in [-0.25, -0.2) is 0 Å². The lowest BCUT2D eigenvalue weighted by Crippen LogP contribution is -2.41. The molecule has 0 unspecified atom stereocenters. The second-order valence-electron chi connectivity index (χ2n) is 5.57. The topological polar surface area (TPSA) is 125 Å². The lowest BCUT2D eigenvalue weighted by atomic mass is 10.0. The first-order valence-corrected chi connectivity index (χ1v) is 7.70. The summed E-state index contributed by atoms with van der Waals surface area (Å²) in [4.78, 5) is 2.14. The molecule has 0 saturated carbocycles. The third-order valence-electron chi connectivity index (χ3n) is 4.27. The van der Waals surface area contributed by atoms with E-state index >= 15 is 0 Å². The molecule has 136 valence electrons. The molecule has 0 aliphatic heterocycles. The van der Waals surface area contributed by atoms with Crippen LogP contribution < -0.4 is 24.0 Å². The van der Waals surface area contributed by atoms with E-state index in [1.807, 2.05) is 0 Å². The minimum atomic E-state index is 0.275. The third kappa shape index (κ3) is 2.13. The summed E-state index contributed by atoms with van der Waals surface area (Å²) in [5.74, 6) is 1.17. The van der Waals surface area contributed by atoms with Gasteiger partial charge >= 0.3 is 11.4 Å². The average Bonchev–Trinajstić information content (AvgIpc) is 3.21. The normalized spacial score (nSPS) is 12.4. The van der Waals surface area contributed by atoms with Gasteiger partial charge in [0.05, 0.1) is 31.6 Å². The average molecular weight is 361 g/mol. The maximum Gasteiger partial charge on any atom is 0.303 e. The summed E-state index contributed by atoms with van der Waals surface area (Å²) in [5, 5.41) is 32.4. The Hall–Kier alpha value is -3.50. The molecular weight excluding hydrogens is 346 g/mol. The number of rotatable bonds is 4. The smallest absolute Gasteiger partial charge is 0.303 e. The van der Waals surface area contributed by atoms with Crippen LogP contribution in [0.5, 0.6) is 17.2 Å². The standard InChI is InChI=1S/C15H15N5O6/c1-23-11-6-8(7-12(24-2)15(11)25-3)18-16-13-9(19(18)21)4-5-10-14(13)17-26-20(10)22/h6-7H,4-5H2,1-3H3. The van der Waals surface area contributed by atoms with Gasteiger partial charge in [-0.05, 0) is 9.70 Å². The minimum absolute atomic E-state index is 0.275. The van der Waals surface area contributed by atoms with Crippen LogP contribution in [0.4, 0.5) is 0 Å². The zero-order valence-corrected chi connectivity index (χ0v) is 14.3. The number of hydrogen-bond acceptors (Lipinski definition) is 8. The van der Waals surface area contributed by atoms with Crippen molar-refractivity contribution in [2.75, 3.05) is 21.3 Å². The number of hydrogen-bond donors (Lipinski definition) is 0. The van der Waals surface area contributed by atoms with Gasteiger partial charge in [-0.15, -0.1) is 4.85 Å². The van der Waals surface area contributed by atoms with Crippen molar-refractivity contribution in [2.45, 2.75) is 12.8 Å². The van der Waals surface area contributed by atoms with Gasteiger partial charge in [-0.1, -0.05) is 0 Å². The van der Waals surface area contributed by atoms with Crippen LogP contribution in [-0.4, -0.2) is 36.4 Å². The van der Waals surface area contributed by atoms with Gasteiger partial charge in [0.25, 0.3) is 0 Å². The predicted molar refractivity (Wildman–Crippen MR) is 84.0 cm³/mol. The minimum Gasteiger partial charge on any atom is -0.692 e. The van der Waals surface area contributed by atoms with Crippen molar-refractivity contribution in [1.29, 1.82) is 0 Å². The first-order chi connectivity index (χ1) is 12.6. The second-order valence-corrected chi connectivity index (χ2v) is 5.57. The van der Waals surface area contributed by atoms with Crippen molar-refractivity contribution in [2.24, 2.45) is 0 Å². The molecule has 3 aromatic rings. The summed E-state index contributed by atoms with van der Waals surface area (Å²) in [5.41, 5.74) is 1.75. The van der Waals surface area contributed by atoms with Crippen LogP contribution in [0, 0.1) is 10.4 Å². The van der Waals surface area contributed by atoms with E-state index in [1.165, 1.54) is 21.3 Å². The number of ether oxygens (including phenoxy) is 3. The summed E-state index contributed by atoms with van der Waals surface area (Å²) in [6.45, 7) is 0. The van der Waals surface area contributed by atoms with Crippen LogP contribution >= 0.6 is 0 Å². The number of benzene rings is 1. The highest BCUT2D eigenvalue weighted by molar-refractivity contribution is 5.60. The molecule has 0 spiro atoms. The summed E-state index contributed by atoms with van der Waals surface area (Å²) < 4.78 is 20.5. The Morgan fingerprint density at radius 3 is 2.27 bits per heavy atom. The summed E-state index contributed by atoms with van der Waals surface area (Å²) in [7, 11) is 4.45. The molecule has 0 amide bonds. The van der Waals surface area contributed by atoms with Crippen molar-refractivity contribution in [1.82, 2.24) is 15.1 Å². The van der Waals surface area contributed by atoms with Gasteiger partial charge in [0.15, 0.2) is 17.2 Å². The lowest BCUT2D eigenvalue weighted by molar-refractivity contribution is -0.808. The van der Waals surface area contributed by atoms with Crippen LogP contribution in [-0.2, 0) is 12.8 Å². The van der Waals surface area contributed by atoms with E-state index in [0.29, 0.717) is 62.6 Å². The second kappa shape index (κ2) is 5.79. The van der Waals surface area contributed by atoms with Crippen LogP contribution in [0.1, 0.15) is 11.4 Å². The number of aromatic nitrogens is 5. The quantitative estimate of drug-likeness (QED) is 0.466. The van der Waals surface area contributed by atoms with E-state index in [4.69, 9.17) is 14.2 Å². The van der Waals surface area contributed by atoms with Crippen LogP contribution in [0.2, 0.25) is 0 Å². The van der Waals surface area contributed by atoms with Crippen molar-refractivity contribution in [3.8, 4) is 34.3 Å². The van der Waals surface area contributed by atoms with E-state index in [0.717, 1.165) is 4.80 Å². The molecule has 11 nitrogen and oxygen atoms in total. The molecule has 0 N–H and O–H groups in total. The van der Waals surface area contributed by atoms with Gasteiger partial charge in [-0.3, -0.25) is 4.63 Å². The summed E-state index contributed by atoms with van der Waals surface area (Å²) >= 11 is 0. The van der Waals surface area contributed by atoms with Gasteiger partial charge in [0, 0.05) is 25.0 Å². The van der Waals surface area contributed by atoms with Crippen molar-refractivity contribution in [3.05, 3.63) is 33.9 Å². The maximum atomic E-state index is 12.7. The van der Waals surface area contributed by atoms with Crippen molar-refractivity contribution >= 4 is 0 Å². The molecule has 1 aromatic carbocycles. The molecule has 1 aliphatic rings. The zero-order chi connectivity index (χ0) is 18.4. The first-order valence-electron chi connectivity index (χ1n) is 7.70. The highest BCUT2D eigenvalue weighted by Gasteiger charge is 2.39. The van der Waals surface area contributed by atoms with Crippen molar-refractivity contribution in [3.63, 3.8) is 0 Å². The van der Waals surface area contributed by atoms with Gasteiger partial charge in [0.2, 0.25) is 11.4 Å². The lowest BCUT2D eigenvalue weighted by Gasteiger charge is -2.14. The summed E-state index contributed by atoms with van der Waals surface area (Å²) in [6.07, 6.45) is 0.693. The SMILES string of the molecule is COc1cc(-n2nc3c([n+]2[O-])CCc2c-3no[n+]2[O-])cc(OC)c1OC. The number of methoxy groups -OCH3 is 3. The molecule has 2 aromatic heterocycles. The fraction of sp³-hybridized carbons (Fsp3) is 0.333. The number of nitrogens with zero attached hydrogens (tertiary/aromatic N) is 5. The highest BCUT2D eigenvalue weighted by atomic mass is 16.8. The zero-order valence-electron chi connectivity index (χ0n) is 14.3. The Morgan fingerprint density at radius 2 is 1.65 bits per heavy atom. The Labute approximate surface area is 147 Å². The molecule has 0 radical (unpaired) electrons. The van der Waals surface area contributed by atoms with Gasteiger partial charge in [-0.2, -0.15) is 0 Å². The Balaban J connectivity index is 1.90. The molecule has 2 heterocycles. The fourth-order valence-electron chi connectivity index (χ4n) is 3.03. The van der Waals surface area contributed by atoms with Crippen LogP contribution in [0.15, 0.2) is 16.8 Å². The summed E-state index contributed by atoms with van der Waals surface area (Å²) in [6, 6.07) is 3.21. The molecule has 0 saturated heterocycles. The fourth-order valence-corrected chi connectivity index (χ4v) is 3.03. The Morgan fingerprint density at radius 1 is 1.00 bits per heavy atom. The van der Waals surface area contributed by atoms with E-state index < -0.39 is 0 Å². The molecule has 0 bridgehead atoms. The molecular formula is C15H15N5O6. The Kier molecular flexibility index (Phi) is 3.56. The van der Waals surface area contributed by atoms with E-state index in [1.54, 1.807) is 12.1 Å². The largest absolute Gasteiger partial charge is 0.692 e. The molecule has 0 atom stereocenters.